The van der Waals surface area contributed by atoms with Gasteiger partial charge in [-0.3, -0.25) is 9.59 Å². The lowest BCUT2D eigenvalue weighted by atomic mass is 10.1. The Balaban J connectivity index is 1.77. The smallest absolute Gasteiger partial charge is 0.244 e. The van der Waals surface area contributed by atoms with Crippen molar-refractivity contribution in [2.75, 3.05) is 19.6 Å². The average Bonchev–Trinajstić information content (AvgIpc) is 2.98. The highest BCUT2D eigenvalue weighted by molar-refractivity contribution is 5.94. The van der Waals surface area contributed by atoms with Crippen LogP contribution in [0, 0.1) is 6.92 Å². The molecule has 0 unspecified atom stereocenters. The minimum absolute atomic E-state index is 0.000383. The first-order valence-corrected chi connectivity index (χ1v) is 6.95. The molecule has 0 aromatic heterocycles. The molecule has 106 valence electrons. The number of likely N-dealkylation sites (tertiary alicyclic amines) is 1. The minimum Gasteiger partial charge on any atom is -0.343 e. The van der Waals surface area contributed by atoms with Crippen molar-refractivity contribution in [1.29, 1.82) is 0 Å². The second-order valence-corrected chi connectivity index (χ2v) is 5.05. The van der Waals surface area contributed by atoms with Crippen molar-refractivity contribution < 1.29 is 9.59 Å². The maximum atomic E-state index is 11.7. The summed E-state index contributed by atoms with van der Waals surface area (Å²) in [5.74, 6) is -0.238. The summed E-state index contributed by atoms with van der Waals surface area (Å²) in [7, 11) is 0. The van der Waals surface area contributed by atoms with Gasteiger partial charge in [0, 0.05) is 19.2 Å². The van der Waals surface area contributed by atoms with E-state index in [9.17, 15) is 9.59 Å². The quantitative estimate of drug-likeness (QED) is 0.849. The molecule has 0 atom stereocenters. The summed E-state index contributed by atoms with van der Waals surface area (Å²) in [4.78, 5) is 25.2. The lowest BCUT2D eigenvalue weighted by Crippen LogP contribution is -2.38. The van der Waals surface area contributed by atoms with E-state index in [-0.39, 0.29) is 18.4 Å². The number of hydrogen-bond acceptors (Lipinski definition) is 2. The number of benzene rings is 1. The molecule has 2 rings (SSSR count). The number of nitrogens with one attached hydrogen (secondary N) is 1. The van der Waals surface area contributed by atoms with Crippen molar-refractivity contribution in [3.8, 4) is 0 Å². The van der Waals surface area contributed by atoms with Crippen LogP contribution in [0.3, 0.4) is 0 Å². The van der Waals surface area contributed by atoms with Crippen LogP contribution in [0.25, 0.3) is 6.08 Å². The van der Waals surface area contributed by atoms with Crippen LogP contribution in [0.4, 0.5) is 0 Å². The Hall–Kier alpha value is -2.10. The SMILES string of the molecule is Cc1ccc(C=CC(=O)NCC(=O)N2CCCC2)cc1. The molecule has 2 amide bonds. The first kappa shape index (κ1) is 14.3. The van der Waals surface area contributed by atoms with Crippen molar-refractivity contribution in [3.63, 3.8) is 0 Å². The van der Waals surface area contributed by atoms with Crippen molar-refractivity contribution in [3.05, 3.63) is 41.5 Å². The minimum atomic E-state index is -0.238. The van der Waals surface area contributed by atoms with E-state index in [0.29, 0.717) is 0 Å². The molecule has 1 aromatic carbocycles. The van der Waals surface area contributed by atoms with Gasteiger partial charge in [-0.2, -0.15) is 0 Å². The molecule has 0 spiro atoms. The van der Waals surface area contributed by atoms with Gasteiger partial charge in [-0.1, -0.05) is 29.8 Å². The van der Waals surface area contributed by atoms with E-state index in [0.717, 1.165) is 31.5 Å². The van der Waals surface area contributed by atoms with Crippen LogP contribution < -0.4 is 5.32 Å². The normalized spacial score (nSPS) is 14.8. The fourth-order valence-corrected chi connectivity index (χ4v) is 2.15. The molecule has 0 radical (unpaired) electrons. The molecule has 0 bridgehead atoms. The third-order valence-corrected chi connectivity index (χ3v) is 3.38. The van der Waals surface area contributed by atoms with E-state index < -0.39 is 0 Å². The van der Waals surface area contributed by atoms with Gasteiger partial charge < -0.3 is 10.2 Å². The highest BCUT2D eigenvalue weighted by Gasteiger charge is 2.17. The molecule has 1 aromatic rings. The Morgan fingerprint density at radius 3 is 2.50 bits per heavy atom. The van der Waals surface area contributed by atoms with Gasteiger partial charge >= 0.3 is 0 Å². The van der Waals surface area contributed by atoms with Crippen LogP contribution in [-0.2, 0) is 9.59 Å². The Kier molecular flexibility index (Phi) is 4.93. The number of carbonyl (C=O) groups excluding carboxylic acids is 2. The lowest BCUT2D eigenvalue weighted by molar-refractivity contribution is -0.131. The van der Waals surface area contributed by atoms with Gasteiger partial charge in [-0.25, -0.2) is 0 Å². The fourth-order valence-electron chi connectivity index (χ4n) is 2.15. The van der Waals surface area contributed by atoms with Crippen LogP contribution in [-0.4, -0.2) is 36.3 Å². The molecule has 1 saturated heterocycles. The van der Waals surface area contributed by atoms with E-state index >= 15 is 0 Å². The zero-order chi connectivity index (χ0) is 14.4. The third kappa shape index (κ3) is 4.23. The van der Waals surface area contributed by atoms with Crippen LogP contribution in [0.2, 0.25) is 0 Å². The van der Waals surface area contributed by atoms with Gasteiger partial charge in [0.25, 0.3) is 0 Å². The number of hydrogen-bond donors (Lipinski definition) is 1. The predicted octanol–water partition coefficient (Wildman–Crippen LogP) is 1.75. The monoisotopic (exact) mass is 272 g/mol. The van der Waals surface area contributed by atoms with Crippen molar-refractivity contribution in [2.24, 2.45) is 0 Å². The number of amides is 2. The Morgan fingerprint density at radius 1 is 1.20 bits per heavy atom. The van der Waals surface area contributed by atoms with Gasteiger partial charge in [0.15, 0.2) is 0 Å². The van der Waals surface area contributed by atoms with Crippen molar-refractivity contribution in [2.45, 2.75) is 19.8 Å². The second kappa shape index (κ2) is 6.89. The molecular formula is C16H20N2O2. The third-order valence-electron chi connectivity index (χ3n) is 3.38. The highest BCUT2D eigenvalue weighted by atomic mass is 16.2. The van der Waals surface area contributed by atoms with E-state index in [1.165, 1.54) is 11.6 Å². The van der Waals surface area contributed by atoms with E-state index in [2.05, 4.69) is 5.32 Å². The first-order chi connectivity index (χ1) is 9.65. The Morgan fingerprint density at radius 2 is 1.85 bits per heavy atom. The number of aryl methyl sites for hydroxylation is 1. The van der Waals surface area contributed by atoms with E-state index in [4.69, 9.17) is 0 Å². The Bertz CT molecular complexity index is 500. The van der Waals surface area contributed by atoms with Gasteiger partial charge in [0.1, 0.15) is 0 Å². The molecule has 1 aliphatic heterocycles. The molecule has 4 heteroatoms. The van der Waals surface area contributed by atoms with Crippen LogP contribution in [0.1, 0.15) is 24.0 Å². The number of rotatable bonds is 4. The van der Waals surface area contributed by atoms with Gasteiger partial charge in [-0.05, 0) is 31.4 Å². The maximum Gasteiger partial charge on any atom is 0.244 e. The number of nitrogens with zero attached hydrogens (tertiary/aromatic N) is 1. The molecule has 20 heavy (non-hydrogen) atoms. The van der Waals surface area contributed by atoms with Crippen LogP contribution in [0.15, 0.2) is 30.3 Å². The fraction of sp³-hybridized carbons (Fsp3) is 0.375. The second-order valence-electron chi connectivity index (χ2n) is 5.05. The molecule has 4 nitrogen and oxygen atoms in total. The zero-order valence-corrected chi connectivity index (χ0v) is 11.8. The topological polar surface area (TPSA) is 49.4 Å². The molecule has 0 saturated carbocycles. The maximum absolute atomic E-state index is 11.7. The molecule has 1 N–H and O–H groups in total. The predicted molar refractivity (Wildman–Crippen MR) is 79.0 cm³/mol. The summed E-state index contributed by atoms with van der Waals surface area (Å²) in [5, 5.41) is 2.62. The largest absolute Gasteiger partial charge is 0.343 e. The molecule has 1 aliphatic rings. The molecule has 1 fully saturated rings. The van der Waals surface area contributed by atoms with Crippen LogP contribution >= 0.6 is 0 Å². The average molecular weight is 272 g/mol. The van der Waals surface area contributed by atoms with Crippen LogP contribution in [0.5, 0.6) is 0 Å². The lowest BCUT2D eigenvalue weighted by Gasteiger charge is -2.14. The first-order valence-electron chi connectivity index (χ1n) is 6.95. The van der Waals surface area contributed by atoms with E-state index in [1.807, 2.05) is 31.2 Å². The van der Waals surface area contributed by atoms with Crippen molar-refractivity contribution >= 4 is 17.9 Å². The summed E-state index contributed by atoms with van der Waals surface area (Å²) in [6.07, 6.45) is 5.33. The summed E-state index contributed by atoms with van der Waals surface area (Å²) >= 11 is 0. The summed E-state index contributed by atoms with van der Waals surface area (Å²) in [5.41, 5.74) is 2.15. The van der Waals surface area contributed by atoms with Crippen molar-refractivity contribution in [1.82, 2.24) is 10.2 Å². The van der Waals surface area contributed by atoms with Gasteiger partial charge in [0.2, 0.25) is 11.8 Å². The highest BCUT2D eigenvalue weighted by Crippen LogP contribution is 2.07. The van der Waals surface area contributed by atoms with Gasteiger partial charge in [0.05, 0.1) is 6.54 Å². The molecular weight excluding hydrogens is 252 g/mol. The molecule has 1 heterocycles. The van der Waals surface area contributed by atoms with Gasteiger partial charge in [-0.15, -0.1) is 0 Å². The standard InChI is InChI=1S/C16H20N2O2/c1-13-4-6-14(7-5-13)8-9-15(19)17-12-16(20)18-10-2-3-11-18/h4-9H,2-3,10-12H2,1H3,(H,17,19). The summed E-state index contributed by atoms with van der Waals surface area (Å²) in [6, 6.07) is 7.89. The molecule has 0 aliphatic carbocycles. The summed E-state index contributed by atoms with van der Waals surface area (Å²) < 4.78 is 0. The zero-order valence-electron chi connectivity index (χ0n) is 11.8. The Labute approximate surface area is 119 Å². The number of carbonyl (C=O) groups is 2. The summed E-state index contributed by atoms with van der Waals surface area (Å²) in [6.45, 7) is 3.73. The van der Waals surface area contributed by atoms with E-state index in [1.54, 1.807) is 11.0 Å².